The Bertz CT molecular complexity index is 62.3. The van der Waals surface area contributed by atoms with E-state index in [9.17, 15) is 0 Å². The van der Waals surface area contributed by atoms with E-state index < -0.39 is 0 Å². The molecule has 1 saturated heterocycles. The van der Waals surface area contributed by atoms with E-state index in [-0.39, 0.29) is 0 Å². The van der Waals surface area contributed by atoms with E-state index in [0.717, 1.165) is 19.1 Å². The quantitative estimate of drug-likeness (QED) is 0.417. The van der Waals surface area contributed by atoms with Crippen LogP contribution < -0.4 is 0 Å². The molecule has 0 N–H and O–H groups in total. The van der Waals surface area contributed by atoms with Crippen molar-refractivity contribution in [2.75, 3.05) is 13.2 Å². The van der Waals surface area contributed by atoms with Crippen LogP contribution in [0.15, 0.2) is 0 Å². The number of hydrogen-bond donors (Lipinski definition) is 0. The highest BCUT2D eigenvalue weighted by Gasteiger charge is 2.42. The molecular formula is C5H7O. The largest absolute Gasteiger partial charge is 0.381 e. The van der Waals surface area contributed by atoms with Crippen molar-refractivity contribution in [2.45, 2.75) is 6.42 Å². The van der Waals surface area contributed by atoms with E-state index in [1.165, 1.54) is 6.42 Å². The summed E-state index contributed by atoms with van der Waals surface area (Å²) in [6.07, 6.45) is 1.38. The van der Waals surface area contributed by atoms with Gasteiger partial charge >= 0.3 is 0 Å². The van der Waals surface area contributed by atoms with Crippen LogP contribution in [0.4, 0.5) is 0 Å². The first-order valence-corrected chi connectivity index (χ1v) is 2.39. The molecule has 2 fully saturated rings. The van der Waals surface area contributed by atoms with E-state index in [2.05, 4.69) is 0 Å². The van der Waals surface area contributed by atoms with Crippen molar-refractivity contribution in [1.82, 2.24) is 0 Å². The van der Waals surface area contributed by atoms with Crippen LogP contribution in [0.25, 0.3) is 0 Å². The van der Waals surface area contributed by atoms with Crippen molar-refractivity contribution in [3.63, 3.8) is 0 Å². The highest BCUT2D eigenvalue weighted by Crippen LogP contribution is 2.45. The first kappa shape index (κ1) is 3.03. The molecular weight excluding hydrogens is 76.1 g/mol. The maximum absolute atomic E-state index is 5.07. The van der Waals surface area contributed by atoms with Crippen LogP contribution in [0.1, 0.15) is 6.42 Å². The van der Waals surface area contributed by atoms with Crippen molar-refractivity contribution >= 4 is 0 Å². The topological polar surface area (TPSA) is 9.23 Å². The van der Waals surface area contributed by atoms with Crippen molar-refractivity contribution in [3.05, 3.63) is 5.92 Å². The molecule has 0 unspecified atom stereocenters. The highest BCUT2D eigenvalue weighted by atomic mass is 16.5. The van der Waals surface area contributed by atoms with Gasteiger partial charge in [0.05, 0.1) is 13.2 Å². The summed E-state index contributed by atoms with van der Waals surface area (Å²) in [5.41, 5.74) is 0. The minimum atomic E-state index is 0.907. The Morgan fingerprint density at radius 2 is 2.67 bits per heavy atom. The molecule has 0 aromatic heterocycles. The van der Waals surface area contributed by atoms with Gasteiger partial charge in [-0.3, -0.25) is 0 Å². The monoisotopic (exact) mass is 83.0 g/mol. The summed E-state index contributed by atoms with van der Waals surface area (Å²) in [4.78, 5) is 0. The predicted octanol–water partition coefficient (Wildman–Crippen LogP) is 0.611. The maximum Gasteiger partial charge on any atom is 0.0532 e. The van der Waals surface area contributed by atoms with Crippen LogP contribution in [0, 0.1) is 11.8 Å². The van der Waals surface area contributed by atoms with Crippen LogP contribution in [-0.2, 0) is 4.74 Å². The zero-order valence-corrected chi connectivity index (χ0v) is 3.61. The minimum absolute atomic E-state index is 0.907. The summed E-state index contributed by atoms with van der Waals surface area (Å²) in [7, 11) is 0. The molecule has 2 rings (SSSR count). The third kappa shape index (κ3) is 0.243. The number of fused-ring (bicyclic) bond motifs is 1. The molecule has 0 amide bonds. The SMILES string of the molecule is C1OC[C@@H]2C[C]12. The predicted molar refractivity (Wildman–Crippen MR) is 22.2 cm³/mol. The standard InChI is InChI=1S/C5H7O/c1-4-2-6-3-5(1)4/h4H,1-3H2/t4-/m0/s1. The van der Waals surface area contributed by atoms with E-state index in [4.69, 9.17) is 4.74 Å². The van der Waals surface area contributed by atoms with E-state index in [1.807, 2.05) is 0 Å². The number of hydrogen-bond acceptors (Lipinski definition) is 1. The smallest absolute Gasteiger partial charge is 0.0532 e. The van der Waals surface area contributed by atoms with Gasteiger partial charge in [0.2, 0.25) is 0 Å². The fraction of sp³-hybridized carbons (Fsp3) is 0.800. The summed E-state index contributed by atoms with van der Waals surface area (Å²) < 4.78 is 5.07. The second-order valence-corrected chi connectivity index (χ2v) is 2.07. The Labute approximate surface area is 37.3 Å². The number of rotatable bonds is 0. The first-order chi connectivity index (χ1) is 2.97. The summed E-state index contributed by atoms with van der Waals surface area (Å²) in [6.45, 7) is 2.00. The lowest BCUT2D eigenvalue weighted by atomic mass is 10.4. The van der Waals surface area contributed by atoms with Gasteiger partial charge in [0.15, 0.2) is 0 Å². The Morgan fingerprint density at radius 3 is 2.83 bits per heavy atom. The molecule has 1 heterocycles. The fourth-order valence-electron chi connectivity index (χ4n) is 0.943. The highest BCUT2D eigenvalue weighted by molar-refractivity contribution is 5.17. The second-order valence-electron chi connectivity index (χ2n) is 2.07. The van der Waals surface area contributed by atoms with Crippen LogP contribution in [0.2, 0.25) is 0 Å². The van der Waals surface area contributed by atoms with Gasteiger partial charge in [-0.05, 0) is 12.3 Å². The van der Waals surface area contributed by atoms with Gasteiger partial charge < -0.3 is 4.74 Å². The molecule has 1 nitrogen and oxygen atoms in total. The molecule has 1 aliphatic carbocycles. The van der Waals surface area contributed by atoms with E-state index in [0.29, 0.717) is 0 Å². The van der Waals surface area contributed by atoms with Gasteiger partial charge in [-0.15, -0.1) is 0 Å². The summed E-state index contributed by atoms with van der Waals surface area (Å²) in [5, 5.41) is 0. The Kier molecular flexibility index (Phi) is 0.396. The van der Waals surface area contributed by atoms with Crippen molar-refractivity contribution in [3.8, 4) is 0 Å². The first-order valence-electron chi connectivity index (χ1n) is 2.39. The van der Waals surface area contributed by atoms with Crippen molar-refractivity contribution in [2.24, 2.45) is 5.92 Å². The van der Waals surface area contributed by atoms with Gasteiger partial charge in [0.25, 0.3) is 0 Å². The molecule has 2 aliphatic rings. The zero-order chi connectivity index (χ0) is 3.98. The van der Waals surface area contributed by atoms with Crippen LogP contribution >= 0.6 is 0 Å². The van der Waals surface area contributed by atoms with Gasteiger partial charge in [0.1, 0.15) is 0 Å². The Hall–Kier alpha value is -0.0400. The molecule has 1 aliphatic heterocycles. The Balaban J connectivity index is 2.09. The molecule has 1 atom stereocenters. The van der Waals surface area contributed by atoms with Gasteiger partial charge in [-0.2, -0.15) is 0 Å². The van der Waals surface area contributed by atoms with Gasteiger partial charge in [-0.1, -0.05) is 0 Å². The van der Waals surface area contributed by atoms with Crippen LogP contribution in [0.3, 0.4) is 0 Å². The van der Waals surface area contributed by atoms with Crippen LogP contribution in [-0.4, -0.2) is 13.2 Å². The lowest BCUT2D eigenvalue weighted by molar-refractivity contribution is 0.177. The van der Waals surface area contributed by atoms with Crippen molar-refractivity contribution in [1.29, 1.82) is 0 Å². The molecule has 1 saturated carbocycles. The lowest BCUT2D eigenvalue weighted by Crippen LogP contribution is -1.85. The summed E-state index contributed by atoms with van der Waals surface area (Å²) in [5.74, 6) is 2.56. The zero-order valence-electron chi connectivity index (χ0n) is 3.61. The molecule has 1 heteroatoms. The van der Waals surface area contributed by atoms with Crippen LogP contribution in [0.5, 0.6) is 0 Å². The number of ether oxygens (including phenoxy) is 1. The van der Waals surface area contributed by atoms with E-state index >= 15 is 0 Å². The summed E-state index contributed by atoms with van der Waals surface area (Å²) in [6, 6.07) is 0. The van der Waals surface area contributed by atoms with Crippen molar-refractivity contribution < 1.29 is 4.74 Å². The molecule has 1 radical (unpaired) electrons. The average molecular weight is 83.1 g/mol. The maximum atomic E-state index is 5.07. The Morgan fingerprint density at radius 1 is 1.67 bits per heavy atom. The average Bonchev–Trinajstić information content (AvgIpc) is 2.17. The fourth-order valence-corrected chi connectivity index (χ4v) is 0.943. The molecule has 0 bridgehead atoms. The molecule has 0 aromatic rings. The molecule has 0 spiro atoms. The molecule has 33 valence electrons. The molecule has 0 aromatic carbocycles. The summed E-state index contributed by atoms with van der Waals surface area (Å²) >= 11 is 0. The normalized spacial score (nSPS) is 43.0. The minimum Gasteiger partial charge on any atom is -0.381 e. The third-order valence-electron chi connectivity index (χ3n) is 1.53. The molecule has 6 heavy (non-hydrogen) atoms. The lowest BCUT2D eigenvalue weighted by Gasteiger charge is -1.86. The second kappa shape index (κ2) is 0.784. The van der Waals surface area contributed by atoms with Gasteiger partial charge in [-0.25, -0.2) is 0 Å². The van der Waals surface area contributed by atoms with E-state index in [1.54, 1.807) is 5.92 Å². The van der Waals surface area contributed by atoms with Gasteiger partial charge in [0, 0.05) is 5.92 Å². The third-order valence-corrected chi connectivity index (χ3v) is 1.53.